The van der Waals surface area contributed by atoms with E-state index in [0.29, 0.717) is 0 Å². The molecule has 0 aromatic carbocycles. The second-order valence-corrected chi connectivity index (χ2v) is 3.67. The number of ether oxygens (including phenoxy) is 1. The van der Waals surface area contributed by atoms with Crippen LogP contribution in [0.15, 0.2) is 0 Å². The Morgan fingerprint density at radius 1 is 1.45 bits per heavy atom. The molecule has 0 aliphatic carbocycles. The summed E-state index contributed by atoms with van der Waals surface area (Å²) in [6.45, 7) is 8.17. The van der Waals surface area contributed by atoms with E-state index < -0.39 is 0 Å². The summed E-state index contributed by atoms with van der Waals surface area (Å²) in [5.41, 5.74) is -0.119. The highest BCUT2D eigenvalue weighted by Gasteiger charge is 2.15. The van der Waals surface area contributed by atoms with Crippen LogP contribution >= 0.6 is 0 Å². The fourth-order valence-electron chi connectivity index (χ4n) is 0.865. The molecule has 1 heteroatoms. The average Bonchev–Trinajstić information content (AvgIpc) is 1.84. The van der Waals surface area contributed by atoms with E-state index in [0.717, 1.165) is 12.8 Å². The van der Waals surface area contributed by atoms with Crippen molar-refractivity contribution < 1.29 is 4.74 Å². The van der Waals surface area contributed by atoms with Gasteiger partial charge < -0.3 is 4.74 Å². The smallest absolute Gasteiger partial charge is 0.118 e. The van der Waals surface area contributed by atoms with Gasteiger partial charge in [-0.25, -0.2) is 0 Å². The highest BCUT2D eigenvalue weighted by molar-refractivity contribution is 4.95. The molecule has 0 fully saturated rings. The third-order valence-corrected chi connectivity index (χ3v) is 1.23. The Morgan fingerprint density at radius 2 is 2.00 bits per heavy atom. The summed E-state index contributed by atoms with van der Waals surface area (Å²) in [5, 5.41) is 0. The van der Waals surface area contributed by atoms with E-state index in [-0.39, 0.29) is 11.7 Å². The number of rotatable bonds is 3. The number of hydrogen-bond acceptors (Lipinski definition) is 1. The Morgan fingerprint density at radius 3 is 2.27 bits per heavy atom. The Bertz CT molecular complexity index is 136. The quantitative estimate of drug-likeness (QED) is 0.568. The van der Waals surface area contributed by atoms with Crippen LogP contribution in [0.1, 0.15) is 40.5 Å². The molecule has 0 rings (SSSR count). The Balaban J connectivity index is 3.81. The van der Waals surface area contributed by atoms with Crippen LogP contribution in [0.4, 0.5) is 0 Å². The molecule has 0 heterocycles. The Labute approximate surface area is 70.1 Å². The van der Waals surface area contributed by atoms with E-state index in [1.807, 2.05) is 20.8 Å². The monoisotopic (exact) mass is 154 g/mol. The molecule has 0 N–H and O–H groups in total. The SMILES string of the molecule is C#CC(CCC)OC(C)(C)C. The molecule has 1 atom stereocenters. The lowest BCUT2D eigenvalue weighted by atomic mass is 10.1. The van der Waals surface area contributed by atoms with Crippen LogP contribution in [0, 0.1) is 12.3 Å². The summed E-state index contributed by atoms with van der Waals surface area (Å²) in [5.74, 6) is 2.64. The van der Waals surface area contributed by atoms with Crippen LogP contribution in [-0.4, -0.2) is 11.7 Å². The first-order valence-electron chi connectivity index (χ1n) is 4.13. The van der Waals surface area contributed by atoms with Gasteiger partial charge in [-0.15, -0.1) is 6.42 Å². The highest BCUT2D eigenvalue weighted by Crippen LogP contribution is 2.13. The van der Waals surface area contributed by atoms with Crippen LogP contribution in [-0.2, 0) is 4.74 Å². The zero-order valence-electron chi connectivity index (χ0n) is 7.98. The largest absolute Gasteiger partial charge is 0.360 e. The summed E-state index contributed by atoms with van der Waals surface area (Å²) < 4.78 is 5.59. The van der Waals surface area contributed by atoms with E-state index in [1.165, 1.54) is 0 Å². The first-order valence-corrected chi connectivity index (χ1v) is 4.13. The van der Waals surface area contributed by atoms with Crippen molar-refractivity contribution in [2.24, 2.45) is 0 Å². The van der Waals surface area contributed by atoms with Gasteiger partial charge in [0.2, 0.25) is 0 Å². The molecule has 0 radical (unpaired) electrons. The second-order valence-electron chi connectivity index (χ2n) is 3.67. The number of hydrogen-bond donors (Lipinski definition) is 0. The minimum absolute atomic E-state index is 0.0139. The maximum Gasteiger partial charge on any atom is 0.118 e. The van der Waals surface area contributed by atoms with E-state index >= 15 is 0 Å². The molecule has 1 unspecified atom stereocenters. The topological polar surface area (TPSA) is 9.23 Å². The standard InChI is InChI=1S/C10H18O/c1-6-8-9(7-2)11-10(3,4)5/h2,9H,6,8H2,1,3-5H3. The normalized spacial score (nSPS) is 14.1. The number of terminal acetylenes is 1. The van der Waals surface area contributed by atoms with Crippen LogP contribution in [0.2, 0.25) is 0 Å². The van der Waals surface area contributed by atoms with Gasteiger partial charge in [-0.3, -0.25) is 0 Å². The van der Waals surface area contributed by atoms with Crippen LogP contribution in [0.25, 0.3) is 0 Å². The third kappa shape index (κ3) is 5.94. The first-order chi connectivity index (χ1) is 4.99. The lowest BCUT2D eigenvalue weighted by Gasteiger charge is -2.23. The van der Waals surface area contributed by atoms with Gasteiger partial charge in [-0.1, -0.05) is 19.3 Å². The second kappa shape index (κ2) is 4.41. The van der Waals surface area contributed by atoms with Crippen molar-refractivity contribution in [2.45, 2.75) is 52.2 Å². The van der Waals surface area contributed by atoms with Crippen molar-refractivity contribution >= 4 is 0 Å². The molecule has 0 bridgehead atoms. The molecule has 0 aromatic rings. The molecule has 0 spiro atoms. The summed E-state index contributed by atoms with van der Waals surface area (Å²) in [6, 6.07) is 0. The minimum atomic E-state index is -0.119. The summed E-state index contributed by atoms with van der Waals surface area (Å²) in [6.07, 6.45) is 7.30. The molecule has 0 aromatic heterocycles. The lowest BCUT2D eigenvalue weighted by molar-refractivity contribution is -0.0367. The van der Waals surface area contributed by atoms with Gasteiger partial charge in [0.25, 0.3) is 0 Å². The van der Waals surface area contributed by atoms with Crippen molar-refractivity contribution in [2.75, 3.05) is 0 Å². The lowest BCUT2D eigenvalue weighted by Crippen LogP contribution is -2.26. The van der Waals surface area contributed by atoms with E-state index in [4.69, 9.17) is 11.2 Å². The van der Waals surface area contributed by atoms with Crippen molar-refractivity contribution in [3.63, 3.8) is 0 Å². The molecule has 0 aliphatic rings. The Hall–Kier alpha value is -0.480. The van der Waals surface area contributed by atoms with Crippen molar-refractivity contribution in [1.82, 2.24) is 0 Å². The highest BCUT2D eigenvalue weighted by atomic mass is 16.5. The molecule has 64 valence electrons. The van der Waals surface area contributed by atoms with Gasteiger partial charge in [-0.05, 0) is 27.2 Å². The average molecular weight is 154 g/mol. The molecule has 0 amide bonds. The first kappa shape index (κ1) is 10.5. The fraction of sp³-hybridized carbons (Fsp3) is 0.800. The van der Waals surface area contributed by atoms with Gasteiger partial charge >= 0.3 is 0 Å². The molecular weight excluding hydrogens is 136 g/mol. The molecular formula is C10H18O. The van der Waals surface area contributed by atoms with Crippen molar-refractivity contribution in [3.05, 3.63) is 0 Å². The Kier molecular flexibility index (Phi) is 4.22. The van der Waals surface area contributed by atoms with Gasteiger partial charge in [0.05, 0.1) is 5.60 Å². The maximum absolute atomic E-state index is 5.59. The summed E-state index contributed by atoms with van der Waals surface area (Å²) >= 11 is 0. The van der Waals surface area contributed by atoms with E-state index in [1.54, 1.807) is 0 Å². The maximum atomic E-state index is 5.59. The predicted molar refractivity (Wildman–Crippen MR) is 48.4 cm³/mol. The molecule has 11 heavy (non-hydrogen) atoms. The van der Waals surface area contributed by atoms with Crippen molar-refractivity contribution in [3.8, 4) is 12.3 Å². The zero-order valence-corrected chi connectivity index (χ0v) is 7.98. The van der Waals surface area contributed by atoms with Crippen LogP contribution in [0.3, 0.4) is 0 Å². The van der Waals surface area contributed by atoms with Crippen LogP contribution in [0.5, 0.6) is 0 Å². The van der Waals surface area contributed by atoms with Gasteiger partial charge in [0.15, 0.2) is 0 Å². The summed E-state index contributed by atoms with van der Waals surface area (Å²) in [4.78, 5) is 0. The van der Waals surface area contributed by atoms with Gasteiger partial charge in [0.1, 0.15) is 6.10 Å². The van der Waals surface area contributed by atoms with Crippen LogP contribution < -0.4 is 0 Å². The van der Waals surface area contributed by atoms with Crippen molar-refractivity contribution in [1.29, 1.82) is 0 Å². The summed E-state index contributed by atoms with van der Waals surface area (Å²) in [7, 11) is 0. The third-order valence-electron chi connectivity index (χ3n) is 1.23. The fourth-order valence-corrected chi connectivity index (χ4v) is 0.865. The van der Waals surface area contributed by atoms with E-state index in [9.17, 15) is 0 Å². The molecule has 0 saturated carbocycles. The predicted octanol–water partition coefficient (Wildman–Crippen LogP) is 2.60. The van der Waals surface area contributed by atoms with Gasteiger partial charge in [-0.2, -0.15) is 0 Å². The van der Waals surface area contributed by atoms with E-state index in [2.05, 4.69) is 12.8 Å². The zero-order chi connectivity index (χ0) is 8.91. The minimum Gasteiger partial charge on any atom is -0.360 e. The molecule has 0 saturated heterocycles. The van der Waals surface area contributed by atoms with Gasteiger partial charge in [0, 0.05) is 0 Å². The molecule has 1 nitrogen and oxygen atoms in total. The molecule has 0 aliphatic heterocycles.